The first-order chi connectivity index (χ1) is 9.04. The number of carbonyl (C=O) groups is 1. The fourth-order valence-electron chi connectivity index (χ4n) is 2.53. The Labute approximate surface area is 121 Å². The zero-order chi connectivity index (χ0) is 13.8. The molecule has 1 saturated heterocycles. The summed E-state index contributed by atoms with van der Waals surface area (Å²) in [5.41, 5.74) is 1.07. The van der Waals surface area contributed by atoms with Gasteiger partial charge in [-0.15, -0.1) is 0 Å². The van der Waals surface area contributed by atoms with E-state index in [1.54, 1.807) is 19.1 Å². The number of piperidine rings is 1. The number of phenols is 1. The van der Waals surface area contributed by atoms with Crippen LogP contribution in [0.5, 0.6) is 5.75 Å². The van der Waals surface area contributed by atoms with Crippen molar-refractivity contribution >= 4 is 21.8 Å². The van der Waals surface area contributed by atoms with E-state index in [1.807, 2.05) is 6.07 Å². The van der Waals surface area contributed by atoms with Crippen molar-refractivity contribution in [2.45, 2.75) is 32.4 Å². The number of amides is 1. The van der Waals surface area contributed by atoms with Crippen LogP contribution in [-0.4, -0.2) is 35.0 Å². The van der Waals surface area contributed by atoms with Crippen molar-refractivity contribution in [2.24, 2.45) is 0 Å². The van der Waals surface area contributed by atoms with Gasteiger partial charge in [-0.3, -0.25) is 9.69 Å². The van der Waals surface area contributed by atoms with E-state index in [1.165, 1.54) is 0 Å². The number of nitrogens with one attached hydrogen (secondary N) is 1. The molecule has 0 bridgehead atoms. The summed E-state index contributed by atoms with van der Waals surface area (Å²) in [6.45, 7) is 4.23. The average molecular weight is 327 g/mol. The van der Waals surface area contributed by atoms with E-state index in [0.29, 0.717) is 0 Å². The molecule has 0 aliphatic carbocycles. The summed E-state index contributed by atoms with van der Waals surface area (Å²) in [5.74, 6) is 0.319. The number of benzene rings is 1. The number of nitrogens with zero attached hydrogens (tertiary/aromatic N) is 1. The van der Waals surface area contributed by atoms with Crippen molar-refractivity contribution in [1.82, 2.24) is 10.2 Å². The Bertz CT molecular complexity index is 465. The van der Waals surface area contributed by atoms with Crippen LogP contribution in [0.4, 0.5) is 0 Å². The van der Waals surface area contributed by atoms with Crippen LogP contribution >= 0.6 is 15.9 Å². The van der Waals surface area contributed by atoms with Crippen molar-refractivity contribution in [3.05, 3.63) is 28.2 Å². The molecule has 1 atom stereocenters. The van der Waals surface area contributed by atoms with Gasteiger partial charge in [-0.1, -0.05) is 15.9 Å². The van der Waals surface area contributed by atoms with Gasteiger partial charge in [-0.25, -0.2) is 0 Å². The molecule has 5 heteroatoms. The molecular formula is C14H19BrN2O2. The van der Waals surface area contributed by atoms with Crippen molar-refractivity contribution in [3.63, 3.8) is 0 Å². The standard InChI is InChI=1S/C14H19BrN2O2/c1-10(18)16-12-3-2-6-17(9-12)8-11-7-13(19)4-5-14(11)15/h4-5,7,12,19H,2-3,6,8-9H2,1H3,(H,16,18)/t12-/m0/s1. The Balaban J connectivity index is 1.98. The molecule has 0 spiro atoms. The molecule has 1 aromatic carbocycles. The van der Waals surface area contributed by atoms with Crippen LogP contribution < -0.4 is 5.32 Å². The second-order valence-electron chi connectivity index (χ2n) is 5.05. The van der Waals surface area contributed by atoms with Gasteiger partial charge >= 0.3 is 0 Å². The monoisotopic (exact) mass is 326 g/mol. The van der Waals surface area contributed by atoms with E-state index in [4.69, 9.17) is 0 Å². The molecule has 0 aromatic heterocycles. The van der Waals surface area contributed by atoms with Crippen LogP contribution in [0.15, 0.2) is 22.7 Å². The predicted molar refractivity (Wildman–Crippen MR) is 77.9 cm³/mol. The van der Waals surface area contributed by atoms with Crippen molar-refractivity contribution in [1.29, 1.82) is 0 Å². The first kappa shape index (κ1) is 14.3. The van der Waals surface area contributed by atoms with Crippen LogP contribution in [0.2, 0.25) is 0 Å². The quantitative estimate of drug-likeness (QED) is 0.895. The van der Waals surface area contributed by atoms with Crippen molar-refractivity contribution in [3.8, 4) is 5.75 Å². The second kappa shape index (κ2) is 6.39. The van der Waals surface area contributed by atoms with Crippen LogP contribution in [0.1, 0.15) is 25.3 Å². The van der Waals surface area contributed by atoms with Gasteiger partial charge in [0.2, 0.25) is 5.91 Å². The zero-order valence-electron chi connectivity index (χ0n) is 11.0. The second-order valence-corrected chi connectivity index (χ2v) is 5.90. The number of carbonyl (C=O) groups excluding carboxylic acids is 1. The number of halogens is 1. The van der Waals surface area contributed by atoms with Crippen LogP contribution in [0.3, 0.4) is 0 Å². The molecule has 0 radical (unpaired) electrons. The summed E-state index contributed by atoms with van der Waals surface area (Å²) in [5, 5.41) is 12.5. The van der Waals surface area contributed by atoms with Crippen LogP contribution in [-0.2, 0) is 11.3 Å². The number of aromatic hydroxyl groups is 1. The molecule has 0 unspecified atom stereocenters. The normalized spacial score (nSPS) is 20.2. The first-order valence-electron chi connectivity index (χ1n) is 6.51. The molecule has 1 aliphatic heterocycles. The van der Waals surface area contributed by atoms with Gasteiger partial charge in [-0.05, 0) is 43.1 Å². The van der Waals surface area contributed by atoms with Crippen molar-refractivity contribution in [2.75, 3.05) is 13.1 Å². The summed E-state index contributed by atoms with van der Waals surface area (Å²) in [6.07, 6.45) is 2.12. The number of hydrogen-bond acceptors (Lipinski definition) is 3. The maximum absolute atomic E-state index is 11.1. The lowest BCUT2D eigenvalue weighted by molar-refractivity contribution is -0.120. The molecule has 19 heavy (non-hydrogen) atoms. The number of rotatable bonds is 3. The summed E-state index contributed by atoms with van der Waals surface area (Å²) in [4.78, 5) is 13.4. The minimum Gasteiger partial charge on any atom is -0.508 e. The highest BCUT2D eigenvalue weighted by Crippen LogP contribution is 2.24. The van der Waals surface area contributed by atoms with Gasteiger partial charge < -0.3 is 10.4 Å². The molecule has 1 aromatic rings. The first-order valence-corrected chi connectivity index (χ1v) is 7.31. The Hall–Kier alpha value is -1.07. The van der Waals surface area contributed by atoms with E-state index in [-0.39, 0.29) is 17.7 Å². The third kappa shape index (κ3) is 4.21. The topological polar surface area (TPSA) is 52.6 Å². The smallest absolute Gasteiger partial charge is 0.217 e. The van der Waals surface area contributed by atoms with E-state index in [0.717, 1.165) is 42.5 Å². The molecular weight excluding hydrogens is 308 g/mol. The maximum Gasteiger partial charge on any atom is 0.217 e. The molecule has 0 saturated carbocycles. The molecule has 2 rings (SSSR count). The fourth-order valence-corrected chi connectivity index (χ4v) is 2.90. The van der Waals surface area contributed by atoms with Gasteiger partial charge in [0, 0.05) is 30.5 Å². The maximum atomic E-state index is 11.1. The van der Waals surface area contributed by atoms with Gasteiger partial charge in [0.25, 0.3) is 0 Å². The summed E-state index contributed by atoms with van der Waals surface area (Å²) in [7, 11) is 0. The van der Waals surface area contributed by atoms with Crippen LogP contribution in [0, 0.1) is 0 Å². The lowest BCUT2D eigenvalue weighted by Crippen LogP contribution is -2.46. The summed E-state index contributed by atoms with van der Waals surface area (Å²) in [6, 6.07) is 5.55. The van der Waals surface area contributed by atoms with Gasteiger partial charge in [0.1, 0.15) is 5.75 Å². The molecule has 2 N–H and O–H groups in total. The minimum absolute atomic E-state index is 0.0328. The SMILES string of the molecule is CC(=O)N[C@H]1CCCN(Cc2cc(O)ccc2Br)C1. The molecule has 1 fully saturated rings. The predicted octanol–water partition coefficient (Wildman–Crippen LogP) is 2.26. The minimum atomic E-state index is 0.0328. The molecule has 104 valence electrons. The van der Waals surface area contributed by atoms with Gasteiger partial charge in [0.15, 0.2) is 0 Å². The van der Waals surface area contributed by atoms with E-state index < -0.39 is 0 Å². The number of likely N-dealkylation sites (tertiary alicyclic amines) is 1. The molecule has 1 amide bonds. The fraction of sp³-hybridized carbons (Fsp3) is 0.500. The highest BCUT2D eigenvalue weighted by Gasteiger charge is 2.21. The van der Waals surface area contributed by atoms with Gasteiger partial charge in [0.05, 0.1) is 0 Å². The number of hydrogen-bond donors (Lipinski definition) is 2. The van der Waals surface area contributed by atoms with E-state index in [2.05, 4.69) is 26.1 Å². The van der Waals surface area contributed by atoms with Crippen molar-refractivity contribution < 1.29 is 9.90 Å². The third-order valence-corrected chi connectivity index (χ3v) is 4.11. The Morgan fingerprint density at radius 3 is 3.11 bits per heavy atom. The van der Waals surface area contributed by atoms with E-state index in [9.17, 15) is 9.90 Å². The largest absolute Gasteiger partial charge is 0.508 e. The highest BCUT2D eigenvalue weighted by atomic mass is 79.9. The Morgan fingerprint density at radius 1 is 1.58 bits per heavy atom. The molecule has 1 heterocycles. The average Bonchev–Trinajstić information content (AvgIpc) is 2.33. The zero-order valence-corrected chi connectivity index (χ0v) is 12.6. The number of phenolic OH excluding ortho intramolecular Hbond substituents is 1. The van der Waals surface area contributed by atoms with Gasteiger partial charge in [-0.2, -0.15) is 0 Å². The molecule has 1 aliphatic rings. The summed E-state index contributed by atoms with van der Waals surface area (Å²) < 4.78 is 1.01. The Morgan fingerprint density at radius 2 is 2.37 bits per heavy atom. The summed E-state index contributed by atoms with van der Waals surface area (Å²) >= 11 is 3.51. The van der Waals surface area contributed by atoms with Crippen LogP contribution in [0.25, 0.3) is 0 Å². The molecule has 4 nitrogen and oxygen atoms in total. The highest BCUT2D eigenvalue weighted by molar-refractivity contribution is 9.10. The Kier molecular flexibility index (Phi) is 4.82. The third-order valence-electron chi connectivity index (χ3n) is 3.34. The lowest BCUT2D eigenvalue weighted by Gasteiger charge is -2.33. The lowest BCUT2D eigenvalue weighted by atomic mass is 10.0. The van der Waals surface area contributed by atoms with E-state index >= 15 is 0 Å².